The minimum atomic E-state index is 1.10. The van der Waals surface area contributed by atoms with Crippen LogP contribution < -0.4 is 0 Å². The van der Waals surface area contributed by atoms with Crippen molar-refractivity contribution in [3.8, 4) is 0 Å². The van der Waals surface area contributed by atoms with E-state index in [2.05, 4.69) is 60.7 Å². The Kier molecular flexibility index (Phi) is 2.20. The van der Waals surface area contributed by atoms with Gasteiger partial charge < -0.3 is 0 Å². The van der Waals surface area contributed by atoms with E-state index in [0.717, 1.165) is 6.42 Å². The zero-order chi connectivity index (χ0) is 13.8. The molecular formula is C21H16. The summed E-state index contributed by atoms with van der Waals surface area (Å²) in [5, 5.41) is 2.80. The molecule has 2 aliphatic carbocycles. The number of rotatable bonds is 0. The maximum absolute atomic E-state index is 2.34. The van der Waals surface area contributed by atoms with E-state index in [0.29, 0.717) is 0 Å². The number of hydrogen-bond acceptors (Lipinski definition) is 0. The van der Waals surface area contributed by atoms with Crippen LogP contribution in [0.2, 0.25) is 0 Å². The van der Waals surface area contributed by atoms with Crippen LogP contribution in [0.3, 0.4) is 0 Å². The van der Waals surface area contributed by atoms with Gasteiger partial charge in [0.25, 0.3) is 0 Å². The largest absolute Gasteiger partial charge is 0.0620 e. The molecule has 0 amide bonds. The highest BCUT2D eigenvalue weighted by Crippen LogP contribution is 2.46. The molecule has 2 aliphatic rings. The minimum absolute atomic E-state index is 1.10. The van der Waals surface area contributed by atoms with Gasteiger partial charge in [-0.2, -0.15) is 0 Å². The van der Waals surface area contributed by atoms with Crippen LogP contribution in [0.15, 0.2) is 60.7 Å². The SMILES string of the molecule is c1ccc2c(c1)CCC1=C2Cc2c1ccc1ccccc21. The van der Waals surface area contributed by atoms with Crippen molar-refractivity contribution in [2.24, 2.45) is 0 Å². The van der Waals surface area contributed by atoms with Gasteiger partial charge >= 0.3 is 0 Å². The van der Waals surface area contributed by atoms with E-state index in [1.807, 2.05) is 0 Å². The van der Waals surface area contributed by atoms with Crippen molar-refractivity contribution in [3.05, 3.63) is 82.9 Å². The molecule has 0 fully saturated rings. The lowest BCUT2D eigenvalue weighted by Gasteiger charge is -2.18. The molecule has 0 nitrogen and oxygen atoms in total. The van der Waals surface area contributed by atoms with E-state index >= 15 is 0 Å². The fraction of sp³-hybridized carbons (Fsp3) is 0.143. The van der Waals surface area contributed by atoms with Gasteiger partial charge in [-0.15, -0.1) is 0 Å². The molecule has 0 aliphatic heterocycles. The Hall–Kier alpha value is -2.34. The predicted molar refractivity (Wildman–Crippen MR) is 89.2 cm³/mol. The van der Waals surface area contributed by atoms with E-state index in [1.54, 1.807) is 11.1 Å². The molecule has 0 N–H and O–H groups in total. The third kappa shape index (κ3) is 1.50. The summed E-state index contributed by atoms with van der Waals surface area (Å²) in [5.74, 6) is 0. The van der Waals surface area contributed by atoms with Crippen molar-refractivity contribution in [1.29, 1.82) is 0 Å². The number of aryl methyl sites for hydroxylation is 1. The van der Waals surface area contributed by atoms with Gasteiger partial charge in [0.05, 0.1) is 0 Å². The first-order chi connectivity index (χ1) is 10.4. The number of allylic oxidation sites excluding steroid dienone is 2. The lowest BCUT2D eigenvalue weighted by molar-refractivity contribution is 0.996. The fourth-order valence-electron chi connectivity index (χ4n) is 4.09. The first-order valence-corrected chi connectivity index (χ1v) is 7.73. The van der Waals surface area contributed by atoms with Crippen LogP contribution in [0, 0.1) is 0 Å². The lowest BCUT2D eigenvalue weighted by atomic mass is 9.86. The van der Waals surface area contributed by atoms with E-state index in [1.165, 1.54) is 45.9 Å². The second-order valence-electron chi connectivity index (χ2n) is 6.10. The van der Waals surface area contributed by atoms with Crippen molar-refractivity contribution < 1.29 is 0 Å². The van der Waals surface area contributed by atoms with Gasteiger partial charge in [0, 0.05) is 0 Å². The zero-order valence-corrected chi connectivity index (χ0v) is 11.9. The van der Waals surface area contributed by atoms with Gasteiger partial charge in [-0.3, -0.25) is 0 Å². The molecule has 0 heterocycles. The topological polar surface area (TPSA) is 0 Å². The Morgan fingerprint density at radius 3 is 2.48 bits per heavy atom. The first-order valence-electron chi connectivity index (χ1n) is 7.73. The number of hydrogen-bond donors (Lipinski definition) is 0. The Balaban J connectivity index is 1.77. The molecule has 0 spiro atoms. The van der Waals surface area contributed by atoms with Crippen LogP contribution in [-0.4, -0.2) is 0 Å². The van der Waals surface area contributed by atoms with E-state index < -0.39 is 0 Å². The highest BCUT2D eigenvalue weighted by molar-refractivity contribution is 6.04. The second kappa shape index (κ2) is 4.08. The van der Waals surface area contributed by atoms with E-state index in [-0.39, 0.29) is 0 Å². The zero-order valence-electron chi connectivity index (χ0n) is 11.9. The summed E-state index contributed by atoms with van der Waals surface area (Å²) in [6.45, 7) is 0. The summed E-state index contributed by atoms with van der Waals surface area (Å²) in [4.78, 5) is 0. The molecule has 100 valence electrons. The average Bonchev–Trinajstić information content (AvgIpc) is 2.94. The summed E-state index contributed by atoms with van der Waals surface area (Å²) in [6.07, 6.45) is 3.47. The van der Waals surface area contributed by atoms with Crippen molar-refractivity contribution >= 4 is 21.9 Å². The molecule has 21 heavy (non-hydrogen) atoms. The van der Waals surface area contributed by atoms with E-state index in [4.69, 9.17) is 0 Å². The van der Waals surface area contributed by atoms with Crippen molar-refractivity contribution in [3.63, 3.8) is 0 Å². The van der Waals surface area contributed by atoms with Crippen molar-refractivity contribution in [1.82, 2.24) is 0 Å². The molecular weight excluding hydrogens is 252 g/mol. The highest BCUT2D eigenvalue weighted by atomic mass is 14.3. The molecule has 0 aromatic heterocycles. The Morgan fingerprint density at radius 1 is 0.619 bits per heavy atom. The third-order valence-corrected chi connectivity index (χ3v) is 5.07. The quantitative estimate of drug-likeness (QED) is 0.522. The Morgan fingerprint density at radius 2 is 1.48 bits per heavy atom. The fourth-order valence-corrected chi connectivity index (χ4v) is 4.09. The Bertz CT molecular complexity index is 912. The highest BCUT2D eigenvalue weighted by Gasteiger charge is 2.27. The molecule has 0 saturated carbocycles. The summed E-state index contributed by atoms with van der Waals surface area (Å²) in [7, 11) is 0. The summed E-state index contributed by atoms with van der Waals surface area (Å²) < 4.78 is 0. The van der Waals surface area contributed by atoms with Gasteiger partial charge in [-0.05, 0) is 63.4 Å². The van der Waals surface area contributed by atoms with E-state index in [9.17, 15) is 0 Å². The summed E-state index contributed by atoms with van der Waals surface area (Å²) in [5.41, 5.74) is 9.21. The summed E-state index contributed by atoms with van der Waals surface area (Å²) >= 11 is 0. The normalized spacial score (nSPS) is 15.8. The molecule has 0 unspecified atom stereocenters. The molecule has 0 heteroatoms. The van der Waals surface area contributed by atoms with Crippen molar-refractivity contribution in [2.45, 2.75) is 19.3 Å². The van der Waals surface area contributed by atoms with Gasteiger partial charge in [-0.1, -0.05) is 60.7 Å². The molecule has 0 atom stereocenters. The van der Waals surface area contributed by atoms with Crippen LogP contribution >= 0.6 is 0 Å². The number of benzene rings is 3. The predicted octanol–water partition coefficient (Wildman–Crippen LogP) is 5.25. The summed E-state index contributed by atoms with van der Waals surface area (Å²) in [6, 6.07) is 22.4. The van der Waals surface area contributed by atoms with Gasteiger partial charge in [-0.25, -0.2) is 0 Å². The molecule has 5 rings (SSSR count). The third-order valence-electron chi connectivity index (χ3n) is 5.07. The molecule has 3 aromatic carbocycles. The van der Waals surface area contributed by atoms with Crippen LogP contribution in [0.4, 0.5) is 0 Å². The first kappa shape index (κ1) is 11.3. The minimum Gasteiger partial charge on any atom is -0.0620 e. The number of fused-ring (bicyclic) bond motifs is 6. The Labute approximate surface area is 124 Å². The van der Waals surface area contributed by atoms with Gasteiger partial charge in [0.15, 0.2) is 0 Å². The van der Waals surface area contributed by atoms with Crippen LogP contribution in [0.25, 0.3) is 21.9 Å². The van der Waals surface area contributed by atoms with Crippen LogP contribution in [0.1, 0.15) is 28.7 Å². The maximum atomic E-state index is 2.34. The lowest BCUT2D eigenvalue weighted by Crippen LogP contribution is -2.01. The second-order valence-corrected chi connectivity index (χ2v) is 6.10. The van der Waals surface area contributed by atoms with Gasteiger partial charge in [0.2, 0.25) is 0 Å². The van der Waals surface area contributed by atoms with Crippen molar-refractivity contribution in [2.75, 3.05) is 0 Å². The molecule has 0 bridgehead atoms. The standard InChI is InChI=1S/C21H16/c1-3-7-16-14(5-1)9-11-18-19-12-10-15-6-2-4-8-17(15)21(19)13-20(16)18/h1-9,11H,10,12-13H2. The maximum Gasteiger partial charge on any atom is -0.000456 e. The monoisotopic (exact) mass is 268 g/mol. The molecule has 0 saturated heterocycles. The smallest absolute Gasteiger partial charge is 0.000456 e. The molecule has 3 aromatic rings. The van der Waals surface area contributed by atoms with Crippen LogP contribution in [-0.2, 0) is 12.8 Å². The molecule has 0 radical (unpaired) electrons. The van der Waals surface area contributed by atoms with Gasteiger partial charge in [0.1, 0.15) is 0 Å². The van der Waals surface area contributed by atoms with Crippen LogP contribution in [0.5, 0.6) is 0 Å². The average molecular weight is 268 g/mol.